The third-order valence-electron chi connectivity index (χ3n) is 2.00. The van der Waals surface area contributed by atoms with E-state index in [9.17, 15) is 18.0 Å². The smallest absolute Gasteiger partial charge is 0.353 e. The van der Waals surface area contributed by atoms with Crippen LogP contribution in [0.2, 0.25) is 0 Å². The fraction of sp³-hybridized carbons (Fsp3) is 0.900. The van der Waals surface area contributed by atoms with Gasteiger partial charge < -0.3 is 10.6 Å². The molecular weight excluding hydrogens is 221 g/mol. The number of rotatable bonds is 7. The summed E-state index contributed by atoms with van der Waals surface area (Å²) in [5, 5.41) is 5.15. The molecule has 0 bridgehead atoms. The Hall–Kier alpha value is -0.780. The number of nitrogens with one attached hydrogen (secondary N) is 2. The maximum absolute atomic E-state index is 11.8. The molecule has 96 valence electrons. The molecule has 1 atom stereocenters. The van der Waals surface area contributed by atoms with Gasteiger partial charge in [0.2, 0.25) is 5.91 Å². The average molecular weight is 240 g/mol. The highest BCUT2D eigenvalue weighted by molar-refractivity contribution is 5.78. The van der Waals surface area contributed by atoms with Gasteiger partial charge in [-0.05, 0) is 13.3 Å². The second-order valence-electron chi connectivity index (χ2n) is 3.80. The van der Waals surface area contributed by atoms with Crippen molar-refractivity contribution in [3.63, 3.8) is 0 Å². The molecule has 0 aromatic carbocycles. The maximum Gasteiger partial charge on any atom is 0.390 e. The lowest BCUT2D eigenvalue weighted by molar-refractivity contribution is -0.134. The fourth-order valence-corrected chi connectivity index (χ4v) is 1.26. The van der Waals surface area contributed by atoms with E-state index in [1.54, 1.807) is 0 Å². The predicted octanol–water partition coefficient (Wildman–Crippen LogP) is 1.83. The van der Waals surface area contributed by atoms with Crippen LogP contribution in [-0.4, -0.2) is 31.2 Å². The second kappa shape index (κ2) is 7.49. The van der Waals surface area contributed by atoms with Crippen molar-refractivity contribution >= 4 is 5.91 Å². The van der Waals surface area contributed by atoms with Gasteiger partial charge in [0.05, 0.1) is 13.0 Å². The summed E-state index contributed by atoms with van der Waals surface area (Å²) in [5.74, 6) is -0.261. The number of amides is 1. The van der Waals surface area contributed by atoms with Crippen LogP contribution in [0.5, 0.6) is 0 Å². The van der Waals surface area contributed by atoms with E-state index in [1.165, 1.54) is 0 Å². The van der Waals surface area contributed by atoms with Crippen molar-refractivity contribution in [2.45, 2.75) is 45.3 Å². The molecule has 0 saturated carbocycles. The standard InChI is InChI=1S/C10H19F3N2O/c1-3-4-8(2)15-9(16)7-14-6-5-10(11,12)13/h8,14H,3-7H2,1-2H3,(H,15,16). The minimum absolute atomic E-state index is 0.0653. The lowest BCUT2D eigenvalue weighted by Gasteiger charge is -2.13. The van der Waals surface area contributed by atoms with E-state index in [-0.39, 0.29) is 25.0 Å². The molecule has 3 nitrogen and oxygen atoms in total. The fourth-order valence-electron chi connectivity index (χ4n) is 1.26. The minimum Gasteiger partial charge on any atom is -0.353 e. The van der Waals surface area contributed by atoms with Gasteiger partial charge in [0.1, 0.15) is 0 Å². The van der Waals surface area contributed by atoms with Gasteiger partial charge in [0.25, 0.3) is 0 Å². The third kappa shape index (κ3) is 9.76. The molecule has 0 saturated heterocycles. The van der Waals surface area contributed by atoms with Gasteiger partial charge in [-0.3, -0.25) is 4.79 Å². The van der Waals surface area contributed by atoms with Crippen LogP contribution in [0.1, 0.15) is 33.1 Å². The zero-order chi connectivity index (χ0) is 12.6. The molecular formula is C10H19F3N2O. The first-order chi connectivity index (χ1) is 7.35. The van der Waals surface area contributed by atoms with Gasteiger partial charge in [-0.2, -0.15) is 13.2 Å². The van der Waals surface area contributed by atoms with E-state index in [0.29, 0.717) is 0 Å². The SMILES string of the molecule is CCCC(C)NC(=O)CNCCC(F)(F)F. The van der Waals surface area contributed by atoms with E-state index in [0.717, 1.165) is 12.8 Å². The van der Waals surface area contributed by atoms with Crippen LogP contribution in [0, 0.1) is 0 Å². The molecule has 0 aliphatic carbocycles. The molecule has 0 aromatic rings. The van der Waals surface area contributed by atoms with Gasteiger partial charge >= 0.3 is 6.18 Å². The Morgan fingerprint density at radius 2 is 2.00 bits per heavy atom. The summed E-state index contributed by atoms with van der Waals surface area (Å²) >= 11 is 0. The zero-order valence-electron chi connectivity index (χ0n) is 9.66. The Morgan fingerprint density at radius 3 is 2.50 bits per heavy atom. The monoisotopic (exact) mass is 240 g/mol. The molecule has 6 heteroatoms. The molecule has 1 unspecified atom stereocenters. The first-order valence-electron chi connectivity index (χ1n) is 5.42. The summed E-state index contributed by atoms with van der Waals surface area (Å²) in [7, 11) is 0. The molecule has 0 aliphatic heterocycles. The molecule has 16 heavy (non-hydrogen) atoms. The van der Waals surface area contributed by atoms with Crippen LogP contribution >= 0.6 is 0 Å². The van der Waals surface area contributed by atoms with Crippen molar-refractivity contribution in [3.05, 3.63) is 0 Å². The van der Waals surface area contributed by atoms with Gasteiger partial charge in [-0.1, -0.05) is 13.3 Å². The molecule has 0 fully saturated rings. The molecule has 0 radical (unpaired) electrons. The van der Waals surface area contributed by atoms with Crippen molar-refractivity contribution in [1.82, 2.24) is 10.6 Å². The largest absolute Gasteiger partial charge is 0.390 e. The number of alkyl halides is 3. The van der Waals surface area contributed by atoms with Crippen molar-refractivity contribution < 1.29 is 18.0 Å². The number of hydrogen-bond acceptors (Lipinski definition) is 2. The highest BCUT2D eigenvalue weighted by atomic mass is 19.4. The lowest BCUT2D eigenvalue weighted by atomic mass is 10.2. The summed E-state index contributed by atoms with van der Waals surface area (Å²) in [4.78, 5) is 11.2. The lowest BCUT2D eigenvalue weighted by Crippen LogP contribution is -2.39. The van der Waals surface area contributed by atoms with Crippen LogP contribution in [0.4, 0.5) is 13.2 Å². The minimum atomic E-state index is -4.17. The van der Waals surface area contributed by atoms with Crippen LogP contribution in [0.25, 0.3) is 0 Å². The number of carbonyl (C=O) groups excluding carboxylic acids is 1. The summed E-state index contributed by atoms with van der Waals surface area (Å²) in [6, 6.07) is 0.0712. The Balaban J connectivity index is 3.51. The molecule has 0 heterocycles. The Labute approximate surface area is 93.8 Å². The zero-order valence-corrected chi connectivity index (χ0v) is 9.66. The van der Waals surface area contributed by atoms with E-state index < -0.39 is 12.6 Å². The first kappa shape index (κ1) is 15.2. The van der Waals surface area contributed by atoms with Gasteiger partial charge in [0.15, 0.2) is 0 Å². The highest BCUT2D eigenvalue weighted by Gasteiger charge is 2.26. The van der Waals surface area contributed by atoms with E-state index in [4.69, 9.17) is 0 Å². The maximum atomic E-state index is 11.8. The number of carbonyl (C=O) groups is 1. The summed E-state index contributed by atoms with van der Waals surface area (Å²) in [6.07, 6.45) is -3.25. The molecule has 0 rings (SSSR count). The van der Waals surface area contributed by atoms with E-state index in [2.05, 4.69) is 10.6 Å². The Bertz CT molecular complexity index is 207. The quantitative estimate of drug-likeness (QED) is 0.667. The summed E-state index contributed by atoms with van der Waals surface area (Å²) in [6.45, 7) is 3.59. The van der Waals surface area contributed by atoms with Gasteiger partial charge in [0, 0.05) is 12.6 Å². The topological polar surface area (TPSA) is 41.1 Å². The molecule has 2 N–H and O–H groups in total. The van der Waals surface area contributed by atoms with Crippen molar-refractivity contribution in [1.29, 1.82) is 0 Å². The second-order valence-corrected chi connectivity index (χ2v) is 3.80. The first-order valence-corrected chi connectivity index (χ1v) is 5.42. The molecule has 0 aromatic heterocycles. The van der Waals surface area contributed by atoms with Crippen molar-refractivity contribution in [2.75, 3.05) is 13.1 Å². The van der Waals surface area contributed by atoms with Crippen LogP contribution in [0.15, 0.2) is 0 Å². The molecule has 0 spiro atoms. The third-order valence-corrected chi connectivity index (χ3v) is 2.00. The predicted molar refractivity (Wildman–Crippen MR) is 56.1 cm³/mol. The van der Waals surface area contributed by atoms with Gasteiger partial charge in [-0.25, -0.2) is 0 Å². The molecule has 0 aliphatic rings. The summed E-state index contributed by atoms with van der Waals surface area (Å²) in [5.41, 5.74) is 0. The summed E-state index contributed by atoms with van der Waals surface area (Å²) < 4.78 is 35.3. The number of halogens is 3. The van der Waals surface area contributed by atoms with Crippen molar-refractivity contribution in [2.24, 2.45) is 0 Å². The van der Waals surface area contributed by atoms with Crippen LogP contribution in [0.3, 0.4) is 0 Å². The highest BCUT2D eigenvalue weighted by Crippen LogP contribution is 2.17. The number of hydrogen-bond donors (Lipinski definition) is 2. The molecule has 1 amide bonds. The van der Waals surface area contributed by atoms with Crippen LogP contribution in [-0.2, 0) is 4.79 Å². The van der Waals surface area contributed by atoms with E-state index >= 15 is 0 Å². The normalized spacial score (nSPS) is 13.6. The van der Waals surface area contributed by atoms with Crippen molar-refractivity contribution in [3.8, 4) is 0 Å². The Morgan fingerprint density at radius 1 is 1.38 bits per heavy atom. The Kier molecular flexibility index (Phi) is 7.12. The van der Waals surface area contributed by atoms with E-state index in [1.807, 2.05) is 13.8 Å². The van der Waals surface area contributed by atoms with Crippen LogP contribution < -0.4 is 10.6 Å². The van der Waals surface area contributed by atoms with Gasteiger partial charge in [-0.15, -0.1) is 0 Å². The average Bonchev–Trinajstić information content (AvgIpc) is 2.11.